The summed E-state index contributed by atoms with van der Waals surface area (Å²) in [5.41, 5.74) is 1.05. The van der Waals surface area contributed by atoms with Crippen LogP contribution in [-0.4, -0.2) is 29.7 Å². The van der Waals surface area contributed by atoms with E-state index in [2.05, 4.69) is 26.6 Å². The number of hydrogen-bond acceptors (Lipinski definition) is 3. The highest BCUT2D eigenvalue weighted by Gasteiger charge is 2.27. The summed E-state index contributed by atoms with van der Waals surface area (Å²) in [6.45, 7) is 1.00. The second-order valence-electron chi connectivity index (χ2n) is 4.20. The summed E-state index contributed by atoms with van der Waals surface area (Å²) in [7, 11) is 0. The van der Waals surface area contributed by atoms with Gasteiger partial charge in [0.25, 0.3) is 0 Å². The number of nitrogens with one attached hydrogen (secondary N) is 2. The minimum atomic E-state index is -0.406. The van der Waals surface area contributed by atoms with Gasteiger partial charge in [0.05, 0.1) is 12.1 Å². The SMILES string of the molecule is O=C(NCc1cccc(Br)c1)[C@@H]1C[C@H](O)CN1. The number of aliphatic hydroxyl groups is 1. The Morgan fingerprint density at radius 1 is 1.59 bits per heavy atom. The molecule has 92 valence electrons. The first-order valence-electron chi connectivity index (χ1n) is 5.59. The first-order chi connectivity index (χ1) is 8.15. The molecule has 17 heavy (non-hydrogen) atoms. The molecule has 2 rings (SSSR count). The average molecular weight is 299 g/mol. The Morgan fingerprint density at radius 2 is 2.41 bits per heavy atom. The Bertz CT molecular complexity index is 411. The number of β-amino-alcohol motifs (C(OH)–C–C–N with tert-alkyl or cyclic N) is 1. The third-order valence-corrected chi connectivity index (χ3v) is 3.27. The van der Waals surface area contributed by atoms with Gasteiger partial charge in [-0.2, -0.15) is 0 Å². The van der Waals surface area contributed by atoms with Crippen LogP contribution >= 0.6 is 15.9 Å². The number of rotatable bonds is 3. The molecule has 2 atom stereocenters. The van der Waals surface area contributed by atoms with E-state index in [1.807, 2.05) is 24.3 Å². The largest absolute Gasteiger partial charge is 0.392 e. The Labute approximate surface area is 109 Å². The molecular weight excluding hydrogens is 284 g/mol. The standard InChI is InChI=1S/C12H15BrN2O2/c13-9-3-1-2-8(4-9)6-15-12(17)11-5-10(16)7-14-11/h1-4,10-11,14,16H,5-7H2,(H,15,17)/t10-,11-/m0/s1. The lowest BCUT2D eigenvalue weighted by atomic mass is 10.2. The van der Waals surface area contributed by atoms with Crippen LogP contribution in [0.1, 0.15) is 12.0 Å². The zero-order valence-electron chi connectivity index (χ0n) is 9.32. The van der Waals surface area contributed by atoms with Crippen molar-refractivity contribution in [1.82, 2.24) is 10.6 Å². The van der Waals surface area contributed by atoms with Crippen LogP contribution in [0.2, 0.25) is 0 Å². The number of halogens is 1. The maximum Gasteiger partial charge on any atom is 0.237 e. The molecule has 0 bridgehead atoms. The molecule has 1 aliphatic rings. The molecule has 1 fully saturated rings. The van der Waals surface area contributed by atoms with E-state index in [1.165, 1.54) is 0 Å². The molecular formula is C12H15BrN2O2. The van der Waals surface area contributed by atoms with E-state index in [0.717, 1.165) is 10.0 Å². The van der Waals surface area contributed by atoms with Crippen LogP contribution in [0.5, 0.6) is 0 Å². The Hall–Kier alpha value is -0.910. The second-order valence-corrected chi connectivity index (χ2v) is 5.11. The number of carbonyl (C=O) groups is 1. The molecule has 1 amide bonds. The van der Waals surface area contributed by atoms with Crippen molar-refractivity contribution in [3.63, 3.8) is 0 Å². The third-order valence-electron chi connectivity index (χ3n) is 2.78. The molecule has 1 aromatic rings. The quantitative estimate of drug-likeness (QED) is 0.773. The van der Waals surface area contributed by atoms with Crippen molar-refractivity contribution in [2.75, 3.05) is 6.54 Å². The maximum atomic E-state index is 11.8. The fraction of sp³-hybridized carbons (Fsp3) is 0.417. The monoisotopic (exact) mass is 298 g/mol. The minimum Gasteiger partial charge on any atom is -0.392 e. The zero-order valence-corrected chi connectivity index (χ0v) is 10.9. The Balaban J connectivity index is 1.84. The van der Waals surface area contributed by atoms with Crippen molar-refractivity contribution in [3.8, 4) is 0 Å². The summed E-state index contributed by atoms with van der Waals surface area (Å²) >= 11 is 3.39. The molecule has 1 aliphatic heterocycles. The predicted octanol–water partition coefficient (Wildman–Crippen LogP) is 0.788. The molecule has 0 saturated carbocycles. The molecule has 0 unspecified atom stereocenters. The highest BCUT2D eigenvalue weighted by Crippen LogP contribution is 2.12. The molecule has 4 nitrogen and oxygen atoms in total. The van der Waals surface area contributed by atoms with Crippen molar-refractivity contribution in [1.29, 1.82) is 0 Å². The Morgan fingerprint density at radius 3 is 3.06 bits per heavy atom. The first kappa shape index (κ1) is 12.5. The molecule has 0 spiro atoms. The van der Waals surface area contributed by atoms with Gasteiger partial charge in [-0.15, -0.1) is 0 Å². The number of benzene rings is 1. The lowest BCUT2D eigenvalue weighted by molar-refractivity contribution is -0.123. The highest BCUT2D eigenvalue weighted by atomic mass is 79.9. The summed E-state index contributed by atoms with van der Waals surface area (Å²) in [5, 5.41) is 15.2. The van der Waals surface area contributed by atoms with E-state index in [0.29, 0.717) is 19.5 Å². The van der Waals surface area contributed by atoms with Crippen LogP contribution in [0, 0.1) is 0 Å². The van der Waals surface area contributed by atoms with Gasteiger partial charge in [0, 0.05) is 17.6 Å². The van der Waals surface area contributed by atoms with Crippen molar-refractivity contribution < 1.29 is 9.90 Å². The summed E-state index contributed by atoms with van der Waals surface area (Å²) < 4.78 is 0.999. The molecule has 1 saturated heterocycles. The Kier molecular flexibility index (Phi) is 4.15. The van der Waals surface area contributed by atoms with Gasteiger partial charge in [0.15, 0.2) is 0 Å². The van der Waals surface area contributed by atoms with E-state index < -0.39 is 6.10 Å². The van der Waals surface area contributed by atoms with Crippen LogP contribution in [0.15, 0.2) is 28.7 Å². The van der Waals surface area contributed by atoms with Crippen LogP contribution in [0.4, 0.5) is 0 Å². The van der Waals surface area contributed by atoms with Crippen LogP contribution in [-0.2, 0) is 11.3 Å². The number of carbonyl (C=O) groups excluding carboxylic acids is 1. The van der Waals surface area contributed by atoms with Gasteiger partial charge in [-0.25, -0.2) is 0 Å². The molecule has 1 aromatic carbocycles. The van der Waals surface area contributed by atoms with E-state index in [4.69, 9.17) is 0 Å². The molecule has 0 aliphatic carbocycles. The zero-order chi connectivity index (χ0) is 12.3. The third kappa shape index (κ3) is 3.52. The number of aliphatic hydroxyl groups excluding tert-OH is 1. The average Bonchev–Trinajstić information content (AvgIpc) is 2.73. The van der Waals surface area contributed by atoms with E-state index >= 15 is 0 Å². The second kappa shape index (κ2) is 5.62. The fourth-order valence-electron chi connectivity index (χ4n) is 1.88. The highest BCUT2D eigenvalue weighted by molar-refractivity contribution is 9.10. The van der Waals surface area contributed by atoms with Crippen LogP contribution in [0.3, 0.4) is 0 Å². The van der Waals surface area contributed by atoms with Crippen molar-refractivity contribution in [2.24, 2.45) is 0 Å². The van der Waals surface area contributed by atoms with E-state index in [9.17, 15) is 9.90 Å². The van der Waals surface area contributed by atoms with Gasteiger partial charge in [0.2, 0.25) is 5.91 Å². The van der Waals surface area contributed by atoms with Crippen molar-refractivity contribution in [3.05, 3.63) is 34.3 Å². The van der Waals surface area contributed by atoms with Gasteiger partial charge in [-0.1, -0.05) is 28.1 Å². The van der Waals surface area contributed by atoms with Gasteiger partial charge in [0.1, 0.15) is 0 Å². The van der Waals surface area contributed by atoms with Gasteiger partial charge >= 0.3 is 0 Å². The summed E-state index contributed by atoms with van der Waals surface area (Å²) in [5.74, 6) is -0.0541. The molecule has 5 heteroatoms. The summed E-state index contributed by atoms with van der Waals surface area (Å²) in [4.78, 5) is 11.8. The predicted molar refractivity (Wildman–Crippen MR) is 68.4 cm³/mol. The summed E-state index contributed by atoms with van der Waals surface area (Å²) in [6.07, 6.45) is 0.0845. The summed E-state index contributed by atoms with van der Waals surface area (Å²) in [6, 6.07) is 7.54. The maximum absolute atomic E-state index is 11.8. The van der Waals surface area contributed by atoms with Crippen molar-refractivity contribution in [2.45, 2.75) is 25.1 Å². The normalized spacial score (nSPS) is 23.6. The van der Waals surface area contributed by atoms with E-state index in [-0.39, 0.29) is 11.9 Å². The fourth-order valence-corrected chi connectivity index (χ4v) is 2.32. The lowest BCUT2D eigenvalue weighted by Gasteiger charge is -2.11. The first-order valence-corrected chi connectivity index (χ1v) is 6.38. The lowest BCUT2D eigenvalue weighted by Crippen LogP contribution is -2.39. The van der Waals surface area contributed by atoms with Crippen LogP contribution < -0.4 is 10.6 Å². The molecule has 0 aromatic heterocycles. The van der Waals surface area contributed by atoms with Gasteiger partial charge in [-0.05, 0) is 24.1 Å². The van der Waals surface area contributed by atoms with Gasteiger partial charge in [-0.3, -0.25) is 4.79 Å². The van der Waals surface area contributed by atoms with E-state index in [1.54, 1.807) is 0 Å². The van der Waals surface area contributed by atoms with Crippen LogP contribution in [0.25, 0.3) is 0 Å². The smallest absolute Gasteiger partial charge is 0.237 e. The minimum absolute atomic E-state index is 0.0541. The van der Waals surface area contributed by atoms with Gasteiger partial charge < -0.3 is 15.7 Å². The topological polar surface area (TPSA) is 61.4 Å². The number of hydrogen-bond donors (Lipinski definition) is 3. The number of amides is 1. The van der Waals surface area contributed by atoms with Crippen molar-refractivity contribution >= 4 is 21.8 Å². The molecule has 3 N–H and O–H groups in total. The molecule has 0 radical (unpaired) electrons. The molecule has 1 heterocycles.